The van der Waals surface area contributed by atoms with Crippen LogP contribution in [0.2, 0.25) is 0 Å². The molecule has 0 aliphatic carbocycles. The molecular weight excluding hydrogens is 547 g/mol. The van der Waals surface area contributed by atoms with Crippen molar-refractivity contribution >= 4 is 43.7 Å². The predicted molar refractivity (Wildman–Crippen MR) is 126 cm³/mol. The second-order valence-electron chi connectivity index (χ2n) is 7.85. The number of rotatable bonds is 6. The number of carbonyl (C=O) groups excluding carboxylic acids is 2. The van der Waals surface area contributed by atoms with Crippen LogP contribution in [-0.2, 0) is 16.1 Å². The molecule has 2 aromatic rings. The lowest BCUT2D eigenvalue weighted by molar-refractivity contribution is -0.139. The third kappa shape index (κ3) is 5.88. The molecule has 172 valence electrons. The van der Waals surface area contributed by atoms with Crippen LogP contribution in [0.15, 0.2) is 45.3 Å². The number of hydrogen-bond acceptors (Lipinski definition) is 5. The normalized spacial score (nSPS) is 19.0. The van der Waals surface area contributed by atoms with Gasteiger partial charge in [-0.25, -0.2) is 9.18 Å². The van der Waals surface area contributed by atoms with E-state index in [0.717, 1.165) is 5.56 Å². The van der Waals surface area contributed by atoms with Gasteiger partial charge in [-0.2, -0.15) is 0 Å². The average Bonchev–Trinajstić information content (AvgIpc) is 2.76. The highest BCUT2D eigenvalue weighted by Gasteiger charge is 2.32. The highest BCUT2D eigenvalue weighted by Crippen LogP contribution is 2.35. The Morgan fingerprint density at radius 2 is 1.69 bits per heavy atom. The molecule has 2 aromatic carbocycles. The molecule has 2 atom stereocenters. The van der Waals surface area contributed by atoms with Gasteiger partial charge in [0.2, 0.25) is 0 Å². The van der Waals surface area contributed by atoms with Crippen molar-refractivity contribution in [1.82, 2.24) is 9.80 Å². The summed E-state index contributed by atoms with van der Waals surface area (Å²) in [6.07, 6.45) is 0. The lowest BCUT2D eigenvalue weighted by Gasteiger charge is -2.44. The molecule has 1 amide bonds. The van der Waals surface area contributed by atoms with Crippen LogP contribution in [0.4, 0.5) is 4.39 Å². The summed E-state index contributed by atoms with van der Waals surface area (Å²) in [5, 5.41) is 0. The maximum atomic E-state index is 13.2. The van der Waals surface area contributed by atoms with Gasteiger partial charge in [-0.1, -0.05) is 12.1 Å². The maximum Gasteiger partial charge on any atom is 0.337 e. The standard InChI is InChI=1S/C23H25Br2FN2O4/c1-14-11-28(15(2)10-27(14)12-16-4-6-18(26)7-5-16)21(29)13-32-22-19(24)8-17(9-20(22)25)23(30)31-3/h4-9,14-15H,10-13H2,1-3H3/t14-,15+/m1/s1. The number of halogens is 3. The van der Waals surface area contributed by atoms with Crippen molar-refractivity contribution in [3.05, 3.63) is 62.3 Å². The van der Waals surface area contributed by atoms with E-state index < -0.39 is 5.97 Å². The molecule has 0 saturated carbocycles. The fraction of sp³-hybridized carbons (Fsp3) is 0.391. The molecule has 9 heteroatoms. The number of hydrogen-bond donors (Lipinski definition) is 0. The van der Waals surface area contributed by atoms with E-state index in [-0.39, 0.29) is 30.4 Å². The van der Waals surface area contributed by atoms with Gasteiger partial charge in [0.1, 0.15) is 11.6 Å². The second-order valence-corrected chi connectivity index (χ2v) is 9.56. The first kappa shape index (κ1) is 24.7. The van der Waals surface area contributed by atoms with Gasteiger partial charge in [0.25, 0.3) is 5.91 Å². The van der Waals surface area contributed by atoms with Crippen LogP contribution in [0, 0.1) is 5.82 Å². The molecule has 0 radical (unpaired) electrons. The lowest BCUT2D eigenvalue weighted by atomic mass is 10.1. The molecule has 32 heavy (non-hydrogen) atoms. The number of nitrogens with zero attached hydrogens (tertiary/aromatic N) is 2. The minimum absolute atomic E-state index is 0.0105. The maximum absolute atomic E-state index is 13.2. The van der Waals surface area contributed by atoms with E-state index >= 15 is 0 Å². The van der Waals surface area contributed by atoms with Crippen molar-refractivity contribution in [2.45, 2.75) is 32.5 Å². The zero-order valence-electron chi connectivity index (χ0n) is 18.1. The second kappa shape index (κ2) is 10.8. The number of amides is 1. The molecule has 0 spiro atoms. The van der Waals surface area contributed by atoms with E-state index in [4.69, 9.17) is 9.47 Å². The SMILES string of the molecule is COC(=O)c1cc(Br)c(OCC(=O)N2C[C@@H](C)N(Cc3ccc(F)cc3)C[C@@H]2C)c(Br)c1. The molecule has 1 aliphatic rings. The summed E-state index contributed by atoms with van der Waals surface area (Å²) in [6, 6.07) is 9.86. The van der Waals surface area contributed by atoms with Gasteiger partial charge in [-0.3, -0.25) is 9.69 Å². The van der Waals surface area contributed by atoms with E-state index in [1.165, 1.54) is 19.2 Å². The molecule has 0 unspecified atom stereocenters. The molecule has 1 heterocycles. The van der Waals surface area contributed by atoms with Gasteiger partial charge in [0.15, 0.2) is 6.61 Å². The van der Waals surface area contributed by atoms with E-state index in [0.29, 0.717) is 39.9 Å². The zero-order chi connectivity index (χ0) is 23.4. The van der Waals surface area contributed by atoms with Gasteiger partial charge >= 0.3 is 5.97 Å². The lowest BCUT2D eigenvalue weighted by Crippen LogP contribution is -2.58. The van der Waals surface area contributed by atoms with Crippen molar-refractivity contribution in [3.63, 3.8) is 0 Å². The van der Waals surface area contributed by atoms with Crippen molar-refractivity contribution in [2.24, 2.45) is 0 Å². The molecule has 6 nitrogen and oxygen atoms in total. The summed E-state index contributed by atoms with van der Waals surface area (Å²) < 4.78 is 24.8. The van der Waals surface area contributed by atoms with Crippen molar-refractivity contribution in [1.29, 1.82) is 0 Å². The summed E-state index contributed by atoms with van der Waals surface area (Å²) in [5.41, 5.74) is 1.41. The minimum Gasteiger partial charge on any atom is -0.481 e. The van der Waals surface area contributed by atoms with Crippen LogP contribution < -0.4 is 4.74 Å². The third-order valence-electron chi connectivity index (χ3n) is 5.49. The van der Waals surface area contributed by atoms with Gasteiger partial charge in [-0.15, -0.1) is 0 Å². The minimum atomic E-state index is -0.463. The Morgan fingerprint density at radius 1 is 1.06 bits per heavy atom. The highest BCUT2D eigenvalue weighted by atomic mass is 79.9. The van der Waals surface area contributed by atoms with Gasteiger partial charge in [-0.05, 0) is 75.5 Å². The Hall–Kier alpha value is -1.97. The summed E-state index contributed by atoms with van der Waals surface area (Å²) in [6.45, 7) is 5.97. The number of methoxy groups -OCH3 is 1. The molecule has 0 N–H and O–H groups in total. The van der Waals surface area contributed by atoms with Crippen LogP contribution in [0.1, 0.15) is 29.8 Å². The number of ether oxygens (including phenoxy) is 2. The van der Waals surface area contributed by atoms with Gasteiger partial charge < -0.3 is 14.4 Å². The molecule has 0 bridgehead atoms. The number of carbonyl (C=O) groups is 2. The largest absolute Gasteiger partial charge is 0.481 e. The third-order valence-corrected chi connectivity index (χ3v) is 6.67. The van der Waals surface area contributed by atoms with Crippen LogP contribution in [0.3, 0.4) is 0 Å². The monoisotopic (exact) mass is 570 g/mol. The topological polar surface area (TPSA) is 59.1 Å². The first-order valence-corrected chi connectivity index (χ1v) is 11.8. The molecule has 0 aromatic heterocycles. The summed E-state index contributed by atoms with van der Waals surface area (Å²) in [4.78, 5) is 28.8. The Labute approximate surface area is 203 Å². The van der Waals surface area contributed by atoms with Crippen LogP contribution in [0.25, 0.3) is 0 Å². The van der Waals surface area contributed by atoms with Crippen molar-refractivity contribution in [3.8, 4) is 5.75 Å². The van der Waals surface area contributed by atoms with Gasteiger partial charge in [0.05, 0.1) is 21.6 Å². The number of esters is 1. The first-order chi connectivity index (χ1) is 15.2. The van der Waals surface area contributed by atoms with Crippen molar-refractivity contribution in [2.75, 3.05) is 26.8 Å². The molecule has 1 saturated heterocycles. The van der Waals surface area contributed by atoms with Crippen LogP contribution in [-0.4, -0.2) is 60.6 Å². The zero-order valence-corrected chi connectivity index (χ0v) is 21.3. The number of benzene rings is 2. The van der Waals surface area contributed by atoms with Crippen LogP contribution >= 0.6 is 31.9 Å². The fourth-order valence-electron chi connectivity index (χ4n) is 3.74. The first-order valence-electron chi connectivity index (χ1n) is 10.2. The predicted octanol–water partition coefficient (Wildman–Crippen LogP) is 4.64. The Balaban J connectivity index is 1.60. The van der Waals surface area contributed by atoms with Crippen molar-refractivity contribution < 1.29 is 23.5 Å². The molecule has 1 aliphatic heterocycles. The Bertz CT molecular complexity index is 963. The van der Waals surface area contributed by atoms with E-state index in [2.05, 4.69) is 43.7 Å². The summed E-state index contributed by atoms with van der Waals surface area (Å²) in [5.74, 6) is -0.373. The Morgan fingerprint density at radius 3 is 2.28 bits per heavy atom. The summed E-state index contributed by atoms with van der Waals surface area (Å²) >= 11 is 6.78. The highest BCUT2D eigenvalue weighted by molar-refractivity contribution is 9.11. The van der Waals surface area contributed by atoms with E-state index in [1.54, 1.807) is 24.3 Å². The Kier molecular flexibility index (Phi) is 8.30. The fourth-order valence-corrected chi connectivity index (χ4v) is 5.16. The number of piperazine rings is 1. The smallest absolute Gasteiger partial charge is 0.337 e. The molecule has 1 fully saturated rings. The quantitative estimate of drug-likeness (QED) is 0.473. The molecular formula is C23H25Br2FN2O4. The summed E-state index contributed by atoms with van der Waals surface area (Å²) in [7, 11) is 1.31. The van der Waals surface area contributed by atoms with E-state index in [9.17, 15) is 14.0 Å². The average molecular weight is 572 g/mol. The van der Waals surface area contributed by atoms with E-state index in [1.807, 2.05) is 11.8 Å². The van der Waals surface area contributed by atoms with Crippen LogP contribution in [0.5, 0.6) is 5.75 Å². The van der Waals surface area contributed by atoms with Gasteiger partial charge in [0, 0.05) is 31.7 Å². The molecule has 3 rings (SSSR count).